The van der Waals surface area contributed by atoms with Crippen molar-refractivity contribution in [3.63, 3.8) is 0 Å². The van der Waals surface area contributed by atoms with Gasteiger partial charge in [0.25, 0.3) is 0 Å². The number of halogens is 2. The van der Waals surface area contributed by atoms with Gasteiger partial charge in [0.2, 0.25) is 0 Å². The molecule has 0 bridgehead atoms. The summed E-state index contributed by atoms with van der Waals surface area (Å²) in [6.07, 6.45) is 0.940. The number of alkyl halides is 2. The van der Waals surface area contributed by atoms with Crippen LogP contribution in [0.15, 0.2) is 18.2 Å². The summed E-state index contributed by atoms with van der Waals surface area (Å²) >= 11 is 11.7. The van der Waals surface area contributed by atoms with Gasteiger partial charge in [-0.25, -0.2) is 0 Å². The topological polar surface area (TPSA) is 29.3 Å². The smallest absolute Gasteiger partial charge is 0.0399 e. The largest absolute Gasteiger partial charge is 0.369 e. The van der Waals surface area contributed by atoms with E-state index in [1.807, 2.05) is 0 Å². The Morgan fingerprint density at radius 2 is 1.83 bits per heavy atom. The van der Waals surface area contributed by atoms with Gasteiger partial charge in [-0.05, 0) is 36.6 Å². The molecule has 0 saturated heterocycles. The van der Waals surface area contributed by atoms with Crippen LogP contribution >= 0.6 is 23.2 Å². The molecule has 1 atom stereocenters. The highest BCUT2D eigenvalue weighted by Crippen LogP contribution is 2.24. The maximum Gasteiger partial charge on any atom is 0.0399 e. The van der Waals surface area contributed by atoms with Gasteiger partial charge in [0.15, 0.2) is 0 Å². The molecule has 1 aromatic carbocycles. The third-order valence-electron chi connectivity index (χ3n) is 3.18. The lowest BCUT2D eigenvalue weighted by atomic mass is 9.99. The summed E-state index contributed by atoms with van der Waals surface area (Å²) in [5.41, 5.74) is 9.75. The van der Waals surface area contributed by atoms with Crippen LogP contribution in [0.3, 0.4) is 0 Å². The van der Waals surface area contributed by atoms with E-state index in [2.05, 4.69) is 36.9 Å². The molecule has 0 aliphatic heterocycles. The SMILES string of the molecule is CCC(N)c1cc(N(CCCl)CCCl)ccc1C. The first-order valence-electron chi connectivity index (χ1n) is 6.37. The van der Waals surface area contributed by atoms with Gasteiger partial charge in [-0.3, -0.25) is 0 Å². The summed E-state index contributed by atoms with van der Waals surface area (Å²) in [6, 6.07) is 6.50. The highest BCUT2D eigenvalue weighted by Gasteiger charge is 2.11. The van der Waals surface area contributed by atoms with E-state index in [1.165, 1.54) is 11.1 Å². The van der Waals surface area contributed by atoms with Gasteiger partial charge >= 0.3 is 0 Å². The summed E-state index contributed by atoms with van der Waals surface area (Å²) in [4.78, 5) is 2.20. The van der Waals surface area contributed by atoms with E-state index in [1.54, 1.807) is 0 Å². The number of aryl methyl sites for hydroxylation is 1. The number of nitrogens with two attached hydrogens (primary N) is 1. The minimum Gasteiger partial charge on any atom is -0.369 e. The van der Waals surface area contributed by atoms with Crippen LogP contribution < -0.4 is 10.6 Å². The monoisotopic (exact) mass is 288 g/mol. The van der Waals surface area contributed by atoms with Gasteiger partial charge in [-0.2, -0.15) is 0 Å². The Kier molecular flexibility index (Phi) is 6.83. The summed E-state index contributed by atoms with van der Waals surface area (Å²) in [5, 5.41) is 0. The fourth-order valence-corrected chi connectivity index (χ4v) is 2.43. The fraction of sp³-hybridized carbons (Fsp3) is 0.571. The summed E-state index contributed by atoms with van der Waals surface area (Å²) in [7, 11) is 0. The fourth-order valence-electron chi connectivity index (χ4n) is 2.02. The molecular weight excluding hydrogens is 267 g/mol. The van der Waals surface area contributed by atoms with Crippen LogP contribution in [0.4, 0.5) is 5.69 Å². The number of hydrogen-bond acceptors (Lipinski definition) is 2. The Morgan fingerprint density at radius 3 is 2.33 bits per heavy atom. The molecular formula is C14H22Cl2N2. The second kappa shape index (κ2) is 7.88. The number of anilines is 1. The maximum absolute atomic E-state index is 6.14. The van der Waals surface area contributed by atoms with E-state index in [-0.39, 0.29) is 6.04 Å². The zero-order valence-corrected chi connectivity index (χ0v) is 12.6. The highest BCUT2D eigenvalue weighted by atomic mass is 35.5. The van der Waals surface area contributed by atoms with Crippen molar-refractivity contribution in [2.75, 3.05) is 29.7 Å². The minimum absolute atomic E-state index is 0.0961. The molecule has 0 saturated carbocycles. The van der Waals surface area contributed by atoms with E-state index < -0.39 is 0 Å². The van der Waals surface area contributed by atoms with Crippen LogP contribution in [0.5, 0.6) is 0 Å². The minimum atomic E-state index is 0.0961. The third kappa shape index (κ3) is 4.04. The van der Waals surface area contributed by atoms with Crippen LogP contribution in [0.25, 0.3) is 0 Å². The van der Waals surface area contributed by atoms with Gasteiger partial charge in [0, 0.05) is 36.6 Å². The van der Waals surface area contributed by atoms with E-state index >= 15 is 0 Å². The first kappa shape index (κ1) is 15.6. The number of hydrogen-bond donors (Lipinski definition) is 1. The zero-order chi connectivity index (χ0) is 13.5. The van der Waals surface area contributed by atoms with Crippen LogP contribution in [-0.2, 0) is 0 Å². The van der Waals surface area contributed by atoms with Crippen molar-refractivity contribution in [2.24, 2.45) is 5.73 Å². The lowest BCUT2D eigenvalue weighted by Crippen LogP contribution is -2.28. The Balaban J connectivity index is 3.00. The third-order valence-corrected chi connectivity index (χ3v) is 3.51. The van der Waals surface area contributed by atoms with Gasteiger partial charge in [0.1, 0.15) is 0 Å². The Hall–Kier alpha value is -0.440. The molecule has 2 nitrogen and oxygen atoms in total. The van der Waals surface area contributed by atoms with E-state index in [0.717, 1.165) is 25.2 Å². The lowest BCUT2D eigenvalue weighted by Gasteiger charge is -2.25. The standard InChI is InChI=1S/C14H22Cl2N2/c1-3-14(17)13-10-12(5-4-11(13)2)18(8-6-15)9-7-16/h4-5,10,14H,3,6-9,17H2,1-2H3. The molecule has 1 unspecified atom stereocenters. The van der Waals surface area contributed by atoms with Gasteiger partial charge in [0.05, 0.1) is 0 Å². The van der Waals surface area contributed by atoms with Crippen molar-refractivity contribution in [2.45, 2.75) is 26.3 Å². The predicted molar refractivity (Wildman–Crippen MR) is 82.1 cm³/mol. The second-order valence-electron chi connectivity index (χ2n) is 4.42. The maximum atomic E-state index is 6.14. The van der Waals surface area contributed by atoms with Gasteiger partial charge < -0.3 is 10.6 Å². The van der Waals surface area contributed by atoms with Crippen molar-refractivity contribution in [3.8, 4) is 0 Å². The molecule has 1 rings (SSSR count). The van der Waals surface area contributed by atoms with Crippen LogP contribution in [0.1, 0.15) is 30.5 Å². The van der Waals surface area contributed by atoms with Crippen LogP contribution in [-0.4, -0.2) is 24.8 Å². The molecule has 0 aromatic heterocycles. The predicted octanol–water partition coefficient (Wildman–Crippen LogP) is 3.69. The molecule has 0 fully saturated rings. The summed E-state index contributed by atoms with van der Waals surface area (Å²) in [5.74, 6) is 1.19. The molecule has 0 spiro atoms. The molecule has 0 aliphatic rings. The number of nitrogens with zero attached hydrogens (tertiary/aromatic N) is 1. The van der Waals surface area contributed by atoms with Gasteiger partial charge in [-0.1, -0.05) is 13.0 Å². The van der Waals surface area contributed by atoms with Crippen molar-refractivity contribution >= 4 is 28.9 Å². The van der Waals surface area contributed by atoms with Crippen molar-refractivity contribution in [3.05, 3.63) is 29.3 Å². The first-order valence-corrected chi connectivity index (χ1v) is 7.44. The van der Waals surface area contributed by atoms with Crippen LogP contribution in [0.2, 0.25) is 0 Å². The quantitative estimate of drug-likeness (QED) is 0.776. The molecule has 0 heterocycles. The molecule has 4 heteroatoms. The molecule has 18 heavy (non-hydrogen) atoms. The molecule has 0 radical (unpaired) electrons. The van der Waals surface area contributed by atoms with E-state index in [9.17, 15) is 0 Å². The molecule has 1 aromatic rings. The average Bonchev–Trinajstić information content (AvgIpc) is 2.38. The second-order valence-corrected chi connectivity index (χ2v) is 5.18. The Bertz CT molecular complexity index is 363. The van der Waals surface area contributed by atoms with Crippen molar-refractivity contribution in [1.29, 1.82) is 0 Å². The zero-order valence-electron chi connectivity index (χ0n) is 11.1. The normalized spacial score (nSPS) is 12.5. The Morgan fingerprint density at radius 1 is 1.22 bits per heavy atom. The lowest BCUT2D eigenvalue weighted by molar-refractivity contribution is 0.693. The first-order chi connectivity index (χ1) is 8.63. The van der Waals surface area contributed by atoms with Crippen LogP contribution in [0, 0.1) is 6.92 Å². The van der Waals surface area contributed by atoms with E-state index in [0.29, 0.717) is 11.8 Å². The molecule has 102 valence electrons. The highest BCUT2D eigenvalue weighted by molar-refractivity contribution is 6.18. The summed E-state index contributed by atoms with van der Waals surface area (Å²) < 4.78 is 0. The van der Waals surface area contributed by atoms with Crippen molar-refractivity contribution < 1.29 is 0 Å². The number of benzene rings is 1. The van der Waals surface area contributed by atoms with Crippen molar-refractivity contribution in [1.82, 2.24) is 0 Å². The number of rotatable bonds is 7. The summed E-state index contributed by atoms with van der Waals surface area (Å²) in [6.45, 7) is 5.81. The Labute approximate surface area is 120 Å². The molecule has 2 N–H and O–H groups in total. The van der Waals surface area contributed by atoms with E-state index in [4.69, 9.17) is 28.9 Å². The molecule has 0 amide bonds. The van der Waals surface area contributed by atoms with Gasteiger partial charge in [-0.15, -0.1) is 23.2 Å². The average molecular weight is 289 g/mol. The molecule has 0 aliphatic carbocycles.